The van der Waals surface area contributed by atoms with Crippen LogP contribution in [-0.4, -0.2) is 19.5 Å². The van der Waals surface area contributed by atoms with Gasteiger partial charge in [-0.15, -0.1) is 0 Å². The van der Waals surface area contributed by atoms with Gasteiger partial charge in [0.1, 0.15) is 6.04 Å². The summed E-state index contributed by atoms with van der Waals surface area (Å²) in [6, 6.07) is 23.9. The van der Waals surface area contributed by atoms with E-state index >= 15 is 0 Å². The van der Waals surface area contributed by atoms with Gasteiger partial charge in [0.15, 0.2) is 0 Å². The Bertz CT molecular complexity index is 958. The SMILES string of the molecule is CNC(=O)[C@H](NCC[C@H](c1ccccc1)c1ccc(C(F)(F)F)cc1)c1ccccc1. The van der Waals surface area contributed by atoms with Crippen molar-refractivity contribution < 1.29 is 18.0 Å². The highest BCUT2D eigenvalue weighted by Crippen LogP contribution is 2.33. The number of rotatable bonds is 8. The molecule has 3 rings (SSSR count). The summed E-state index contributed by atoms with van der Waals surface area (Å²) in [4.78, 5) is 12.4. The second-order valence-electron chi connectivity index (χ2n) is 7.28. The quantitative estimate of drug-likeness (QED) is 0.513. The summed E-state index contributed by atoms with van der Waals surface area (Å²) in [7, 11) is 1.59. The zero-order valence-corrected chi connectivity index (χ0v) is 17.2. The Hall–Kier alpha value is -3.12. The molecule has 162 valence electrons. The zero-order valence-electron chi connectivity index (χ0n) is 17.2. The maximum Gasteiger partial charge on any atom is 0.416 e. The van der Waals surface area contributed by atoms with Crippen LogP contribution in [0.15, 0.2) is 84.9 Å². The van der Waals surface area contributed by atoms with Crippen molar-refractivity contribution in [3.8, 4) is 0 Å². The third kappa shape index (κ3) is 5.95. The van der Waals surface area contributed by atoms with Gasteiger partial charge in [0.25, 0.3) is 0 Å². The monoisotopic (exact) mass is 426 g/mol. The first-order valence-corrected chi connectivity index (χ1v) is 10.1. The van der Waals surface area contributed by atoms with Gasteiger partial charge in [-0.2, -0.15) is 13.2 Å². The van der Waals surface area contributed by atoms with E-state index in [0.717, 1.165) is 28.8 Å². The molecule has 2 atom stereocenters. The number of alkyl halides is 3. The number of amides is 1. The number of carbonyl (C=O) groups excluding carboxylic acids is 1. The molecule has 0 heterocycles. The van der Waals surface area contributed by atoms with Gasteiger partial charge in [-0.25, -0.2) is 0 Å². The fourth-order valence-corrected chi connectivity index (χ4v) is 3.64. The van der Waals surface area contributed by atoms with Crippen LogP contribution < -0.4 is 10.6 Å². The van der Waals surface area contributed by atoms with Crippen LogP contribution in [0.2, 0.25) is 0 Å². The van der Waals surface area contributed by atoms with Gasteiger partial charge in [-0.05, 0) is 41.8 Å². The highest BCUT2D eigenvalue weighted by molar-refractivity contribution is 5.82. The number of benzene rings is 3. The topological polar surface area (TPSA) is 41.1 Å². The summed E-state index contributed by atoms with van der Waals surface area (Å²) < 4.78 is 38.9. The summed E-state index contributed by atoms with van der Waals surface area (Å²) in [5, 5.41) is 5.98. The van der Waals surface area contributed by atoms with E-state index < -0.39 is 17.8 Å². The summed E-state index contributed by atoms with van der Waals surface area (Å²) in [6.45, 7) is 0.508. The third-order valence-electron chi connectivity index (χ3n) is 5.27. The van der Waals surface area contributed by atoms with Crippen LogP contribution in [0.1, 0.15) is 40.6 Å². The summed E-state index contributed by atoms with van der Waals surface area (Å²) in [5.74, 6) is -0.242. The molecule has 0 aliphatic carbocycles. The molecule has 31 heavy (non-hydrogen) atoms. The molecule has 0 spiro atoms. The predicted octanol–water partition coefficient (Wildman–Crippen LogP) is 5.30. The minimum Gasteiger partial charge on any atom is -0.358 e. The lowest BCUT2D eigenvalue weighted by atomic mass is 9.88. The van der Waals surface area contributed by atoms with E-state index in [9.17, 15) is 18.0 Å². The second kappa shape index (κ2) is 10.3. The molecule has 0 aliphatic heterocycles. The lowest BCUT2D eigenvalue weighted by Crippen LogP contribution is -2.36. The highest BCUT2D eigenvalue weighted by Gasteiger charge is 2.30. The van der Waals surface area contributed by atoms with Crippen molar-refractivity contribution in [1.82, 2.24) is 10.6 Å². The Labute approximate surface area is 180 Å². The van der Waals surface area contributed by atoms with Crippen LogP contribution in [0.5, 0.6) is 0 Å². The van der Waals surface area contributed by atoms with Crippen LogP contribution in [0, 0.1) is 0 Å². The normalized spacial score (nSPS) is 13.4. The summed E-state index contributed by atoms with van der Waals surface area (Å²) in [6.07, 6.45) is -3.74. The molecular weight excluding hydrogens is 401 g/mol. The molecule has 0 saturated heterocycles. The lowest BCUT2D eigenvalue weighted by molar-refractivity contribution is -0.137. The number of halogens is 3. The van der Waals surface area contributed by atoms with Gasteiger partial charge in [0.2, 0.25) is 5.91 Å². The first-order chi connectivity index (χ1) is 14.9. The van der Waals surface area contributed by atoms with Crippen LogP contribution >= 0.6 is 0 Å². The summed E-state index contributed by atoms with van der Waals surface area (Å²) >= 11 is 0. The van der Waals surface area contributed by atoms with Crippen molar-refractivity contribution in [2.24, 2.45) is 0 Å². The maximum atomic E-state index is 13.0. The van der Waals surface area contributed by atoms with Crippen LogP contribution in [0.3, 0.4) is 0 Å². The smallest absolute Gasteiger partial charge is 0.358 e. The predicted molar refractivity (Wildman–Crippen MR) is 116 cm³/mol. The molecule has 0 aromatic heterocycles. The molecule has 0 aliphatic rings. The van der Waals surface area contributed by atoms with E-state index in [-0.39, 0.29) is 11.8 Å². The molecule has 0 unspecified atom stereocenters. The van der Waals surface area contributed by atoms with E-state index in [1.165, 1.54) is 12.1 Å². The van der Waals surface area contributed by atoms with E-state index in [1.54, 1.807) is 7.05 Å². The highest BCUT2D eigenvalue weighted by atomic mass is 19.4. The maximum absolute atomic E-state index is 13.0. The Morgan fingerprint density at radius 3 is 1.84 bits per heavy atom. The molecular formula is C25H25F3N2O. The average molecular weight is 426 g/mol. The molecule has 3 nitrogen and oxygen atoms in total. The van der Waals surface area contributed by atoms with E-state index in [4.69, 9.17) is 0 Å². The van der Waals surface area contributed by atoms with Crippen molar-refractivity contribution in [2.45, 2.75) is 24.6 Å². The fourth-order valence-electron chi connectivity index (χ4n) is 3.64. The van der Waals surface area contributed by atoms with E-state index in [2.05, 4.69) is 10.6 Å². The first kappa shape index (κ1) is 22.6. The number of likely N-dealkylation sites (N-methyl/N-ethyl adjacent to an activating group) is 1. The molecule has 1 amide bonds. The molecule has 0 radical (unpaired) electrons. The standard InChI is InChI=1S/C25H25F3N2O/c1-29-24(31)23(20-10-6-3-7-11-20)30-17-16-22(18-8-4-2-5-9-18)19-12-14-21(15-13-19)25(26,27)28/h2-15,22-23,30H,16-17H2,1H3,(H,29,31)/t22-,23-/m1/s1. The van der Waals surface area contributed by atoms with Crippen LogP contribution in [-0.2, 0) is 11.0 Å². The van der Waals surface area contributed by atoms with Gasteiger partial charge in [-0.3, -0.25) is 4.79 Å². The second-order valence-corrected chi connectivity index (χ2v) is 7.28. The lowest BCUT2D eigenvalue weighted by Gasteiger charge is -2.22. The molecule has 0 bridgehead atoms. The van der Waals surface area contributed by atoms with Crippen LogP contribution in [0.4, 0.5) is 13.2 Å². The molecule has 6 heteroatoms. The molecule has 0 saturated carbocycles. The number of carbonyl (C=O) groups is 1. The number of hydrogen-bond acceptors (Lipinski definition) is 2. The average Bonchev–Trinajstić information content (AvgIpc) is 2.79. The Kier molecular flexibility index (Phi) is 7.47. The number of hydrogen-bond donors (Lipinski definition) is 2. The largest absolute Gasteiger partial charge is 0.416 e. The molecule has 3 aromatic rings. The summed E-state index contributed by atoms with van der Waals surface area (Å²) in [5.41, 5.74) is 2.01. The number of nitrogens with one attached hydrogen (secondary N) is 2. The third-order valence-corrected chi connectivity index (χ3v) is 5.27. The van der Waals surface area contributed by atoms with Crippen molar-refractivity contribution in [2.75, 3.05) is 13.6 Å². The Balaban J connectivity index is 1.79. The van der Waals surface area contributed by atoms with Crippen molar-refractivity contribution in [1.29, 1.82) is 0 Å². The van der Waals surface area contributed by atoms with E-state index in [1.807, 2.05) is 60.7 Å². The van der Waals surface area contributed by atoms with Crippen LogP contribution in [0.25, 0.3) is 0 Å². The first-order valence-electron chi connectivity index (χ1n) is 10.1. The zero-order chi connectivity index (χ0) is 22.3. The van der Waals surface area contributed by atoms with Crippen molar-refractivity contribution in [3.05, 3.63) is 107 Å². The Morgan fingerprint density at radius 2 is 1.32 bits per heavy atom. The van der Waals surface area contributed by atoms with Gasteiger partial charge >= 0.3 is 6.18 Å². The van der Waals surface area contributed by atoms with Gasteiger partial charge in [0.05, 0.1) is 5.56 Å². The molecule has 0 fully saturated rings. The van der Waals surface area contributed by atoms with Crippen molar-refractivity contribution >= 4 is 5.91 Å². The Morgan fingerprint density at radius 1 is 0.806 bits per heavy atom. The van der Waals surface area contributed by atoms with Gasteiger partial charge in [-0.1, -0.05) is 72.8 Å². The van der Waals surface area contributed by atoms with Gasteiger partial charge < -0.3 is 10.6 Å². The van der Waals surface area contributed by atoms with E-state index in [0.29, 0.717) is 13.0 Å². The fraction of sp³-hybridized carbons (Fsp3) is 0.240. The van der Waals surface area contributed by atoms with Gasteiger partial charge in [0, 0.05) is 13.0 Å². The van der Waals surface area contributed by atoms with Crippen molar-refractivity contribution in [3.63, 3.8) is 0 Å². The minimum atomic E-state index is -4.36. The minimum absolute atomic E-state index is 0.0999. The molecule has 3 aromatic carbocycles. The molecule has 2 N–H and O–H groups in total.